The van der Waals surface area contributed by atoms with Crippen molar-refractivity contribution < 1.29 is 4.79 Å². The van der Waals surface area contributed by atoms with Gasteiger partial charge in [-0.2, -0.15) is 0 Å². The molecule has 3 heteroatoms. The van der Waals surface area contributed by atoms with Gasteiger partial charge in [0.25, 0.3) is 0 Å². The maximum atomic E-state index is 11.7. The van der Waals surface area contributed by atoms with Gasteiger partial charge in [-0.05, 0) is 43.9 Å². The van der Waals surface area contributed by atoms with E-state index in [4.69, 9.17) is 0 Å². The van der Waals surface area contributed by atoms with Gasteiger partial charge in [0.1, 0.15) is 0 Å². The molecule has 1 aromatic carbocycles. The van der Waals surface area contributed by atoms with Crippen molar-refractivity contribution in [3.05, 3.63) is 29.8 Å². The summed E-state index contributed by atoms with van der Waals surface area (Å²) in [5.41, 5.74) is 2.50. The summed E-state index contributed by atoms with van der Waals surface area (Å²) in [7, 11) is 0. The number of carbonyl (C=O) groups is 1. The van der Waals surface area contributed by atoms with Crippen LogP contribution in [0, 0.1) is 18.8 Å². The molecule has 1 aliphatic rings. The lowest BCUT2D eigenvalue weighted by atomic mass is 10.2. The van der Waals surface area contributed by atoms with Gasteiger partial charge < -0.3 is 10.2 Å². The number of rotatable bonds is 6. The molecule has 2 rings (SSSR count). The van der Waals surface area contributed by atoms with Crippen molar-refractivity contribution in [1.82, 2.24) is 5.32 Å². The van der Waals surface area contributed by atoms with Crippen LogP contribution in [-0.4, -0.2) is 25.5 Å². The number of benzene rings is 1. The molecule has 1 aliphatic carbocycles. The second kappa shape index (κ2) is 6.09. The van der Waals surface area contributed by atoms with E-state index in [0.717, 1.165) is 26.1 Å². The lowest BCUT2D eigenvalue weighted by Gasteiger charge is -2.23. The van der Waals surface area contributed by atoms with Crippen molar-refractivity contribution in [1.29, 1.82) is 0 Å². The number of carbonyl (C=O) groups excluding carboxylic acids is 1. The molecule has 0 bridgehead atoms. The van der Waals surface area contributed by atoms with E-state index in [9.17, 15) is 4.79 Å². The van der Waals surface area contributed by atoms with Gasteiger partial charge in [0.2, 0.25) is 5.91 Å². The van der Waals surface area contributed by atoms with Crippen LogP contribution in [-0.2, 0) is 4.79 Å². The molecule has 1 amide bonds. The molecule has 0 spiro atoms. The molecule has 0 radical (unpaired) electrons. The highest BCUT2D eigenvalue weighted by molar-refractivity contribution is 5.81. The first-order chi connectivity index (χ1) is 9.11. The van der Waals surface area contributed by atoms with E-state index in [0.29, 0.717) is 5.92 Å². The predicted molar refractivity (Wildman–Crippen MR) is 79.3 cm³/mol. The maximum absolute atomic E-state index is 11.7. The number of nitrogens with zero attached hydrogens (tertiary/aromatic N) is 1. The number of likely N-dealkylation sites (N-methyl/N-ethyl adjacent to an activating group) is 1. The summed E-state index contributed by atoms with van der Waals surface area (Å²) in [5, 5.41) is 3.04. The van der Waals surface area contributed by atoms with Gasteiger partial charge in [-0.3, -0.25) is 4.79 Å². The van der Waals surface area contributed by atoms with E-state index in [1.165, 1.54) is 11.3 Å². The van der Waals surface area contributed by atoms with Gasteiger partial charge in [0.15, 0.2) is 0 Å². The quantitative estimate of drug-likeness (QED) is 0.852. The summed E-state index contributed by atoms with van der Waals surface area (Å²) >= 11 is 0. The third-order valence-corrected chi connectivity index (χ3v) is 3.88. The summed E-state index contributed by atoms with van der Waals surface area (Å²) in [5.74, 6) is 1.08. The molecule has 104 valence electrons. The molecular formula is C16H24N2O. The Morgan fingerprint density at radius 3 is 2.79 bits per heavy atom. The molecule has 1 fully saturated rings. The first-order valence-electron chi connectivity index (χ1n) is 7.21. The van der Waals surface area contributed by atoms with E-state index in [1.54, 1.807) is 0 Å². The third kappa shape index (κ3) is 3.72. The van der Waals surface area contributed by atoms with Crippen LogP contribution < -0.4 is 10.2 Å². The van der Waals surface area contributed by atoms with E-state index in [-0.39, 0.29) is 11.8 Å². The minimum atomic E-state index is 0.229. The van der Waals surface area contributed by atoms with E-state index >= 15 is 0 Å². The molecule has 1 saturated carbocycles. The first-order valence-corrected chi connectivity index (χ1v) is 7.21. The normalized spacial score (nSPS) is 21.0. The lowest BCUT2D eigenvalue weighted by molar-refractivity contribution is -0.122. The Hall–Kier alpha value is -1.51. The van der Waals surface area contributed by atoms with Gasteiger partial charge >= 0.3 is 0 Å². The zero-order chi connectivity index (χ0) is 13.8. The number of nitrogens with one attached hydrogen (secondary N) is 1. The molecule has 0 heterocycles. The Bertz CT molecular complexity index is 444. The molecule has 1 aromatic rings. The molecule has 0 aliphatic heterocycles. The van der Waals surface area contributed by atoms with E-state index in [2.05, 4.69) is 55.3 Å². The van der Waals surface area contributed by atoms with Crippen molar-refractivity contribution in [3.8, 4) is 0 Å². The fourth-order valence-corrected chi connectivity index (χ4v) is 2.43. The zero-order valence-electron chi connectivity index (χ0n) is 12.1. The summed E-state index contributed by atoms with van der Waals surface area (Å²) in [6.45, 7) is 8.94. The van der Waals surface area contributed by atoms with Crippen LogP contribution >= 0.6 is 0 Å². The summed E-state index contributed by atoms with van der Waals surface area (Å²) in [6.07, 6.45) is 1.06. The molecule has 2 unspecified atom stereocenters. The van der Waals surface area contributed by atoms with Crippen molar-refractivity contribution >= 4 is 11.6 Å². The van der Waals surface area contributed by atoms with Gasteiger partial charge in [-0.15, -0.1) is 0 Å². The number of aryl methyl sites for hydroxylation is 1. The van der Waals surface area contributed by atoms with Crippen LogP contribution in [0.1, 0.15) is 25.8 Å². The number of anilines is 1. The Morgan fingerprint density at radius 2 is 2.21 bits per heavy atom. The zero-order valence-corrected chi connectivity index (χ0v) is 12.1. The maximum Gasteiger partial charge on any atom is 0.223 e. The molecule has 0 saturated heterocycles. The Balaban J connectivity index is 1.81. The Labute approximate surface area is 116 Å². The minimum absolute atomic E-state index is 0.229. The highest BCUT2D eigenvalue weighted by Gasteiger charge is 2.38. The summed E-state index contributed by atoms with van der Waals surface area (Å²) in [6, 6.07) is 8.50. The Kier molecular flexibility index (Phi) is 4.46. The fraction of sp³-hybridized carbons (Fsp3) is 0.562. The summed E-state index contributed by atoms with van der Waals surface area (Å²) in [4.78, 5) is 14.0. The van der Waals surface area contributed by atoms with Crippen LogP contribution in [0.25, 0.3) is 0 Å². The molecule has 3 nitrogen and oxygen atoms in total. The predicted octanol–water partition coefficient (Wildman–Crippen LogP) is 2.59. The number of hydrogen-bond acceptors (Lipinski definition) is 2. The Morgan fingerprint density at radius 1 is 1.47 bits per heavy atom. The van der Waals surface area contributed by atoms with Crippen LogP contribution in [0.4, 0.5) is 5.69 Å². The second-order valence-electron chi connectivity index (χ2n) is 5.53. The van der Waals surface area contributed by atoms with Crippen LogP contribution in [0.5, 0.6) is 0 Å². The molecule has 1 N–H and O–H groups in total. The average molecular weight is 260 g/mol. The van der Waals surface area contributed by atoms with E-state index in [1.807, 2.05) is 0 Å². The second-order valence-corrected chi connectivity index (χ2v) is 5.53. The fourth-order valence-electron chi connectivity index (χ4n) is 2.43. The lowest BCUT2D eigenvalue weighted by Crippen LogP contribution is -2.35. The monoisotopic (exact) mass is 260 g/mol. The van der Waals surface area contributed by atoms with Crippen LogP contribution in [0.3, 0.4) is 0 Å². The number of amides is 1. The van der Waals surface area contributed by atoms with Gasteiger partial charge in [-0.1, -0.05) is 19.1 Å². The molecule has 19 heavy (non-hydrogen) atoms. The SMILES string of the molecule is CCN(CCNC(=O)C1CC1C)c1cccc(C)c1. The van der Waals surface area contributed by atoms with Crippen LogP contribution in [0.15, 0.2) is 24.3 Å². The topological polar surface area (TPSA) is 32.3 Å². The van der Waals surface area contributed by atoms with Crippen molar-refractivity contribution in [2.24, 2.45) is 11.8 Å². The molecule has 0 aromatic heterocycles. The third-order valence-electron chi connectivity index (χ3n) is 3.88. The number of hydrogen-bond donors (Lipinski definition) is 1. The van der Waals surface area contributed by atoms with Crippen molar-refractivity contribution in [3.63, 3.8) is 0 Å². The molecule has 2 atom stereocenters. The van der Waals surface area contributed by atoms with Crippen LogP contribution in [0.2, 0.25) is 0 Å². The van der Waals surface area contributed by atoms with Crippen molar-refractivity contribution in [2.45, 2.75) is 27.2 Å². The largest absolute Gasteiger partial charge is 0.370 e. The van der Waals surface area contributed by atoms with Gasteiger partial charge in [0, 0.05) is 31.2 Å². The van der Waals surface area contributed by atoms with Crippen molar-refractivity contribution in [2.75, 3.05) is 24.5 Å². The average Bonchev–Trinajstić information content (AvgIpc) is 3.12. The minimum Gasteiger partial charge on any atom is -0.370 e. The van der Waals surface area contributed by atoms with E-state index < -0.39 is 0 Å². The summed E-state index contributed by atoms with van der Waals surface area (Å²) < 4.78 is 0. The highest BCUT2D eigenvalue weighted by Crippen LogP contribution is 2.37. The highest BCUT2D eigenvalue weighted by atomic mass is 16.2. The molecular weight excluding hydrogens is 236 g/mol. The smallest absolute Gasteiger partial charge is 0.223 e. The standard InChI is InChI=1S/C16H24N2O/c1-4-18(14-7-5-6-12(2)10-14)9-8-17-16(19)15-11-13(15)3/h5-7,10,13,15H,4,8-9,11H2,1-3H3,(H,17,19). The first kappa shape index (κ1) is 13.9. The van der Waals surface area contributed by atoms with Gasteiger partial charge in [0.05, 0.1) is 0 Å². The van der Waals surface area contributed by atoms with Gasteiger partial charge in [-0.25, -0.2) is 0 Å².